The zero-order chi connectivity index (χ0) is 52.5. The Morgan fingerprint density at radius 3 is 0.961 bits per heavy atom. The minimum Gasteiger partial charge on any atom is -0.388 e. The van der Waals surface area contributed by atoms with Gasteiger partial charge in [0.15, 0.2) is 0 Å². The topological polar surface area (TPSA) is 90.3 Å². The van der Waals surface area contributed by atoms with E-state index >= 15 is 0 Å². The summed E-state index contributed by atoms with van der Waals surface area (Å²) in [5.74, 6) is 0.333. The fourth-order valence-electron chi connectivity index (χ4n) is 14.8. The number of ether oxygens (including phenoxy) is 4. The molecule has 0 amide bonds. The first-order valence-corrected chi connectivity index (χ1v) is 34.5. The second-order valence-corrected chi connectivity index (χ2v) is 30.7. The van der Waals surface area contributed by atoms with Crippen LogP contribution in [0.1, 0.15) is 186 Å². The first-order valence-electron chi connectivity index (χ1n) is 29.3. The van der Waals surface area contributed by atoms with Gasteiger partial charge in [-0.05, 0) is 113 Å². The van der Waals surface area contributed by atoms with Crippen molar-refractivity contribution in [3.8, 4) is 0 Å². The van der Waals surface area contributed by atoms with Crippen molar-refractivity contribution < 1.29 is 64.7 Å². The van der Waals surface area contributed by atoms with Gasteiger partial charge in [0, 0.05) is 111 Å². The largest absolute Gasteiger partial charge is 0.409 e. The minimum absolute atomic E-state index is 0. The zero-order valence-electron chi connectivity index (χ0n) is 46.8. The maximum atomic E-state index is 11.6. The Bertz CT molecular complexity index is 1760. The van der Waals surface area contributed by atoms with Crippen molar-refractivity contribution in [2.75, 3.05) is 81.0 Å². The Hall–Kier alpha value is 1.03. The molecule has 0 spiro atoms. The smallest absolute Gasteiger partial charge is 0.388 e. The Morgan fingerprint density at radius 1 is 0.455 bits per heavy atom. The number of benzene rings is 2. The average Bonchev–Trinajstić information content (AvgIpc) is 4.25. The molecule has 10 nitrogen and oxygen atoms in total. The molecule has 10 rings (SSSR count). The van der Waals surface area contributed by atoms with Crippen molar-refractivity contribution in [1.82, 2.24) is 18.7 Å². The van der Waals surface area contributed by atoms with Gasteiger partial charge in [-0.1, -0.05) is 140 Å². The van der Waals surface area contributed by atoms with Crippen molar-refractivity contribution in [2.45, 2.75) is 209 Å². The maximum Gasteiger partial charge on any atom is 0.409 e. The van der Waals surface area contributed by atoms with Gasteiger partial charge in [0.2, 0.25) is 0 Å². The van der Waals surface area contributed by atoms with Crippen LogP contribution >= 0.6 is 46.7 Å². The molecule has 0 bridgehead atoms. The fraction of sp³-hybridized carbons (Fsp3) is 0.797. The third kappa shape index (κ3) is 17.6. The number of hydrogen-bond donors (Lipinski definition) is 2. The van der Waals surface area contributed by atoms with E-state index in [2.05, 4.69) is 50.5 Å². The summed E-state index contributed by atoms with van der Waals surface area (Å²) >= 11 is 7.34. The van der Waals surface area contributed by atoms with E-state index in [4.69, 9.17) is 34.1 Å². The van der Waals surface area contributed by atoms with E-state index in [1.807, 2.05) is 48.5 Å². The van der Waals surface area contributed by atoms with Crippen LogP contribution in [0.5, 0.6) is 0 Å². The average molecular weight is 1320 g/mol. The molecule has 0 aromatic heterocycles. The summed E-state index contributed by atoms with van der Waals surface area (Å²) in [7, 11) is 18.3. The molecule has 2 aromatic rings. The third-order valence-electron chi connectivity index (χ3n) is 18.3. The Balaban J connectivity index is 0.000000332. The van der Waals surface area contributed by atoms with Gasteiger partial charge in [0.05, 0.1) is 74.1 Å². The van der Waals surface area contributed by atoms with Crippen LogP contribution in [0.15, 0.2) is 57.5 Å². The molecule has 4 aliphatic carbocycles. The van der Waals surface area contributed by atoms with E-state index in [9.17, 15) is 10.2 Å². The van der Waals surface area contributed by atoms with E-state index in [0.717, 1.165) is 137 Å². The molecule has 4 radical (unpaired) electrons. The summed E-state index contributed by atoms with van der Waals surface area (Å²) < 4.78 is 35.0. The number of rotatable bonds is 18. The van der Waals surface area contributed by atoms with Crippen LogP contribution in [-0.2, 0) is 53.1 Å². The van der Waals surface area contributed by atoms with Gasteiger partial charge in [-0.2, -0.15) is 18.7 Å². The fourth-order valence-corrected chi connectivity index (χ4v) is 25.4. The number of aliphatic hydroxyl groups excluding tert-OH is 2. The number of aliphatic hydroxyl groups is 2. The number of nitrogens with zero attached hydrogens (tertiary/aromatic N) is 4. The van der Waals surface area contributed by atoms with Gasteiger partial charge in [-0.3, -0.25) is 0 Å². The van der Waals surface area contributed by atoms with Gasteiger partial charge in [-0.25, -0.2) is 0 Å². The normalized spacial score (nSPS) is 28.8. The van der Waals surface area contributed by atoms with Crippen LogP contribution in [0.4, 0.5) is 0 Å². The predicted octanol–water partition coefficient (Wildman–Crippen LogP) is 14.4. The summed E-state index contributed by atoms with van der Waals surface area (Å²) in [4.78, 5) is 0. The second-order valence-electron chi connectivity index (χ2n) is 22.9. The van der Waals surface area contributed by atoms with Crippen molar-refractivity contribution in [3.05, 3.63) is 68.6 Å². The van der Waals surface area contributed by atoms with E-state index in [1.165, 1.54) is 89.9 Å². The summed E-state index contributed by atoms with van der Waals surface area (Å²) in [5, 5.41) is 23.2. The minimum atomic E-state index is -2.20. The molecule has 4 saturated carbocycles. The maximum absolute atomic E-state index is 11.6. The van der Waals surface area contributed by atoms with Crippen molar-refractivity contribution in [2.24, 2.45) is 11.8 Å². The Morgan fingerprint density at radius 2 is 0.714 bits per heavy atom. The number of hydrogen-bond acceptors (Lipinski definition) is 10. The number of halogens is 2. The van der Waals surface area contributed by atoms with E-state index in [-0.39, 0.29) is 54.8 Å². The molecular formula is C59H102B2Br2Fe2N4O6P2+2. The van der Waals surface area contributed by atoms with E-state index in [0.29, 0.717) is 35.5 Å². The molecule has 8 fully saturated rings. The van der Waals surface area contributed by atoms with E-state index in [1.54, 1.807) is 28.4 Å². The first kappa shape index (κ1) is 70.5. The summed E-state index contributed by atoms with van der Waals surface area (Å²) in [5.41, 5.74) is 2.56. The van der Waals surface area contributed by atoms with Gasteiger partial charge >= 0.3 is 15.1 Å². The SMILES string of the molecule is C.C1CCCC1.C1CCCC1.[2HH].[B][P+](C1CCCC1[C@@H](O)c1ccccc1Br)(N1CCC[C@H]1COC)N1CCC[C@H]1COC.[B][P+](C1CCCC1[C@H](O)c1ccccc1Br)(N1CCC[C@H]1COC)N1CCC[C@H]1COC.[Fe].[Fe]. The van der Waals surface area contributed by atoms with E-state index < -0.39 is 27.1 Å². The summed E-state index contributed by atoms with van der Waals surface area (Å²) in [6.45, 7) is 7.03. The molecule has 4 unspecified atom stereocenters. The van der Waals surface area contributed by atoms with Crippen LogP contribution in [0.2, 0.25) is 0 Å². The van der Waals surface area contributed by atoms with Crippen LogP contribution in [0, 0.1) is 11.8 Å². The first-order chi connectivity index (χ1) is 36.0. The number of methoxy groups -OCH3 is 4. The standard InChI is InChI=1S/2C24H38BBrN2O3P.2C5H10.CH4.2Fe.H2/c2*1-30-16-18-8-6-14-27(18)32(25,28-15-7-9-19(28)17-31-2)23-13-5-11-21(23)24(29)20-10-3-4-12-22(20)26;2*1-2-4-5-3-1;;;;/h2*3-4,10,12,18-19,21,23-24,29H,5-9,11,13-17H2,1-2H3;2*1-5H2;1H4;;;1H/q2*+1;;;;;;/t18-,19-,21?,23?,24+;18-,19-,21?,23?,24-;;;;;;/m00....../s1/i;;;;;;;1+1. The molecule has 8 aliphatic rings. The second kappa shape index (κ2) is 36.1. The van der Waals surface area contributed by atoms with Crippen LogP contribution in [0.25, 0.3) is 0 Å². The molecule has 77 heavy (non-hydrogen) atoms. The molecular weight excluding hydrogens is 1220 g/mol. The van der Waals surface area contributed by atoms with Gasteiger partial charge < -0.3 is 29.2 Å². The molecule has 18 heteroatoms. The molecule has 4 aliphatic heterocycles. The van der Waals surface area contributed by atoms with Crippen LogP contribution in [0.3, 0.4) is 0 Å². The quantitative estimate of drug-likeness (QED) is 0.111. The predicted molar refractivity (Wildman–Crippen MR) is 327 cm³/mol. The van der Waals surface area contributed by atoms with Crippen LogP contribution in [-0.4, -0.2) is 161 Å². The molecule has 4 saturated heterocycles. The Labute approximate surface area is 512 Å². The monoisotopic (exact) mass is 1320 g/mol. The van der Waals surface area contributed by atoms with Gasteiger partial charge in [0.1, 0.15) is 14.9 Å². The van der Waals surface area contributed by atoms with Gasteiger partial charge in [0.25, 0.3) is 0 Å². The van der Waals surface area contributed by atoms with Crippen molar-refractivity contribution in [1.29, 1.82) is 0 Å². The van der Waals surface area contributed by atoms with Crippen molar-refractivity contribution >= 4 is 61.9 Å². The van der Waals surface area contributed by atoms with Gasteiger partial charge in [-0.15, -0.1) is 0 Å². The van der Waals surface area contributed by atoms with Crippen LogP contribution < -0.4 is 0 Å². The molecule has 10 atom stereocenters. The molecule has 2 aromatic carbocycles. The van der Waals surface area contributed by atoms with Crippen molar-refractivity contribution in [3.63, 3.8) is 0 Å². The molecule has 4 heterocycles. The summed E-state index contributed by atoms with van der Waals surface area (Å²) in [6, 6.07) is 17.7. The molecule has 438 valence electrons. The zero-order valence-corrected chi connectivity index (χ0v) is 54.0. The molecule has 2 N–H and O–H groups in total. The summed E-state index contributed by atoms with van der Waals surface area (Å²) in [6.07, 6.45) is 29.7. The third-order valence-corrected chi connectivity index (χ3v) is 28.3. The Kier molecular flexibility index (Phi) is 33.1.